The third kappa shape index (κ3) is 3.03. The standard InChI is InChI=1S/C20H22N2O5S/c1-3-20(13-21-15-10-5-4-6-11-15)17(18(23)24)22(19(20)25)28(26,27)16-12-8-7-9-14(16)2/h4-12,17,21H,3,13H2,1-2H3,(H,23,24). The van der Waals surface area contributed by atoms with Crippen molar-refractivity contribution in [2.45, 2.75) is 31.2 Å². The second kappa shape index (κ2) is 7.27. The molecule has 1 aliphatic rings. The molecule has 2 unspecified atom stereocenters. The second-order valence-electron chi connectivity index (χ2n) is 6.84. The smallest absolute Gasteiger partial charge is 0.328 e. The molecule has 148 valence electrons. The first-order valence-corrected chi connectivity index (χ1v) is 10.4. The van der Waals surface area contributed by atoms with Gasteiger partial charge in [-0.25, -0.2) is 17.5 Å². The Kier molecular flexibility index (Phi) is 5.16. The maximum Gasteiger partial charge on any atom is 0.328 e. The minimum Gasteiger partial charge on any atom is -0.480 e. The number of hydrogen-bond acceptors (Lipinski definition) is 5. The van der Waals surface area contributed by atoms with Crippen molar-refractivity contribution in [3.05, 3.63) is 60.2 Å². The number of carboxylic acids is 1. The zero-order valence-electron chi connectivity index (χ0n) is 15.6. The molecule has 0 spiro atoms. The number of carbonyl (C=O) groups excluding carboxylic acids is 1. The van der Waals surface area contributed by atoms with Gasteiger partial charge in [0.25, 0.3) is 10.0 Å². The normalized spacial score (nSPS) is 21.9. The van der Waals surface area contributed by atoms with Crippen molar-refractivity contribution in [1.82, 2.24) is 4.31 Å². The quantitative estimate of drug-likeness (QED) is 0.690. The number of para-hydroxylation sites is 1. The van der Waals surface area contributed by atoms with Crippen molar-refractivity contribution in [2.24, 2.45) is 5.41 Å². The van der Waals surface area contributed by atoms with Crippen LogP contribution in [-0.2, 0) is 19.6 Å². The van der Waals surface area contributed by atoms with Gasteiger partial charge in [-0.3, -0.25) is 4.79 Å². The first-order chi connectivity index (χ1) is 13.3. The van der Waals surface area contributed by atoms with Gasteiger partial charge in [-0.2, -0.15) is 0 Å². The van der Waals surface area contributed by atoms with Crippen LogP contribution in [0.3, 0.4) is 0 Å². The Hall–Kier alpha value is -2.87. The number of carboxylic acid groups (broad SMARTS) is 1. The summed E-state index contributed by atoms with van der Waals surface area (Å²) in [7, 11) is -4.27. The number of amides is 1. The number of benzene rings is 2. The van der Waals surface area contributed by atoms with E-state index in [4.69, 9.17) is 0 Å². The van der Waals surface area contributed by atoms with Gasteiger partial charge in [-0.1, -0.05) is 43.3 Å². The van der Waals surface area contributed by atoms with Gasteiger partial charge in [-0.05, 0) is 37.1 Å². The number of carbonyl (C=O) groups is 2. The number of nitrogens with zero attached hydrogens (tertiary/aromatic N) is 1. The summed E-state index contributed by atoms with van der Waals surface area (Å²) in [5, 5.41) is 12.8. The molecule has 0 aromatic heterocycles. The maximum absolute atomic E-state index is 13.1. The van der Waals surface area contributed by atoms with Crippen LogP contribution in [0.1, 0.15) is 18.9 Å². The summed E-state index contributed by atoms with van der Waals surface area (Å²) < 4.78 is 26.6. The van der Waals surface area contributed by atoms with Gasteiger partial charge in [0, 0.05) is 12.2 Å². The van der Waals surface area contributed by atoms with Gasteiger partial charge in [0.15, 0.2) is 6.04 Å². The summed E-state index contributed by atoms with van der Waals surface area (Å²) in [5.74, 6) is -2.04. The zero-order valence-corrected chi connectivity index (χ0v) is 16.4. The molecule has 3 rings (SSSR count). The largest absolute Gasteiger partial charge is 0.480 e. The van der Waals surface area contributed by atoms with E-state index in [9.17, 15) is 23.1 Å². The van der Waals surface area contributed by atoms with Crippen LogP contribution in [0.25, 0.3) is 0 Å². The minimum absolute atomic E-state index is 0.0309. The van der Waals surface area contributed by atoms with Crippen LogP contribution in [0.15, 0.2) is 59.5 Å². The van der Waals surface area contributed by atoms with E-state index in [1.165, 1.54) is 6.07 Å². The van der Waals surface area contributed by atoms with Crippen molar-refractivity contribution in [1.29, 1.82) is 0 Å². The molecule has 1 heterocycles. The van der Waals surface area contributed by atoms with Crippen LogP contribution in [0.4, 0.5) is 5.69 Å². The number of rotatable bonds is 7. The Labute approximate surface area is 164 Å². The molecule has 0 aliphatic carbocycles. The van der Waals surface area contributed by atoms with E-state index in [0.29, 0.717) is 9.87 Å². The summed E-state index contributed by atoms with van der Waals surface area (Å²) in [6, 6.07) is 13.8. The van der Waals surface area contributed by atoms with Gasteiger partial charge in [0.1, 0.15) is 0 Å². The van der Waals surface area contributed by atoms with Crippen LogP contribution >= 0.6 is 0 Å². The van der Waals surface area contributed by atoms with E-state index in [0.717, 1.165) is 5.69 Å². The molecule has 2 atom stereocenters. The first kappa shape index (κ1) is 19.9. The van der Waals surface area contributed by atoms with Gasteiger partial charge in [0.05, 0.1) is 10.3 Å². The van der Waals surface area contributed by atoms with Crippen molar-refractivity contribution in [2.75, 3.05) is 11.9 Å². The van der Waals surface area contributed by atoms with E-state index in [1.54, 1.807) is 44.2 Å². The number of aryl methyl sites for hydroxylation is 1. The Balaban J connectivity index is 1.96. The number of aliphatic carboxylic acids is 1. The zero-order chi connectivity index (χ0) is 20.5. The van der Waals surface area contributed by atoms with Crippen molar-refractivity contribution in [3.63, 3.8) is 0 Å². The monoisotopic (exact) mass is 402 g/mol. The molecule has 2 aromatic rings. The molecule has 0 radical (unpaired) electrons. The molecule has 2 aromatic carbocycles. The van der Waals surface area contributed by atoms with Crippen LogP contribution in [-0.4, -0.2) is 42.3 Å². The third-order valence-corrected chi connectivity index (χ3v) is 7.17. The van der Waals surface area contributed by atoms with Gasteiger partial charge < -0.3 is 10.4 Å². The molecular weight excluding hydrogens is 380 g/mol. The van der Waals surface area contributed by atoms with Crippen LogP contribution in [0, 0.1) is 12.3 Å². The van der Waals surface area contributed by atoms with Gasteiger partial charge >= 0.3 is 5.97 Å². The van der Waals surface area contributed by atoms with Gasteiger partial charge in [-0.15, -0.1) is 0 Å². The molecule has 8 heteroatoms. The summed E-state index contributed by atoms with van der Waals surface area (Å²) in [6.45, 7) is 3.33. The Morgan fingerprint density at radius 2 is 1.75 bits per heavy atom. The van der Waals surface area contributed by atoms with Crippen molar-refractivity contribution < 1.29 is 23.1 Å². The summed E-state index contributed by atoms with van der Waals surface area (Å²) in [4.78, 5) is 25.0. The molecule has 7 nitrogen and oxygen atoms in total. The summed E-state index contributed by atoms with van der Waals surface area (Å²) >= 11 is 0. The molecule has 0 bridgehead atoms. The van der Waals surface area contributed by atoms with E-state index in [-0.39, 0.29) is 17.9 Å². The second-order valence-corrected chi connectivity index (χ2v) is 8.62. The lowest BCUT2D eigenvalue weighted by Gasteiger charge is -2.52. The Morgan fingerprint density at radius 1 is 1.14 bits per heavy atom. The molecule has 1 amide bonds. The SMILES string of the molecule is CCC1(CNc2ccccc2)C(=O)N(S(=O)(=O)c2ccccc2C)C1C(=O)O. The van der Waals surface area contributed by atoms with E-state index < -0.39 is 33.4 Å². The van der Waals surface area contributed by atoms with Gasteiger partial charge in [0.2, 0.25) is 5.91 Å². The lowest BCUT2D eigenvalue weighted by Crippen LogP contribution is -2.74. The average molecular weight is 402 g/mol. The molecule has 1 fully saturated rings. The highest BCUT2D eigenvalue weighted by Crippen LogP contribution is 2.46. The van der Waals surface area contributed by atoms with Crippen molar-refractivity contribution >= 4 is 27.6 Å². The van der Waals surface area contributed by atoms with Crippen LogP contribution in [0.2, 0.25) is 0 Å². The van der Waals surface area contributed by atoms with Crippen LogP contribution < -0.4 is 5.32 Å². The number of β-lactam (4-membered cyclic amide) rings is 1. The maximum atomic E-state index is 13.1. The number of hydrogen-bond donors (Lipinski definition) is 2. The van der Waals surface area contributed by atoms with E-state index in [1.807, 2.05) is 18.2 Å². The molecule has 2 N–H and O–H groups in total. The topological polar surface area (TPSA) is 104 Å². The summed E-state index contributed by atoms with van der Waals surface area (Å²) in [5.41, 5.74) is -0.152. The molecule has 0 saturated carbocycles. The number of anilines is 1. The van der Waals surface area contributed by atoms with Crippen molar-refractivity contribution in [3.8, 4) is 0 Å². The molecule has 1 saturated heterocycles. The van der Waals surface area contributed by atoms with E-state index in [2.05, 4.69) is 5.32 Å². The lowest BCUT2D eigenvalue weighted by molar-refractivity contribution is -0.173. The highest BCUT2D eigenvalue weighted by Gasteiger charge is 2.67. The molecule has 1 aliphatic heterocycles. The lowest BCUT2D eigenvalue weighted by atomic mass is 9.70. The minimum atomic E-state index is -4.27. The highest BCUT2D eigenvalue weighted by atomic mass is 32.2. The molecule has 28 heavy (non-hydrogen) atoms. The van der Waals surface area contributed by atoms with E-state index >= 15 is 0 Å². The fourth-order valence-corrected chi connectivity index (χ4v) is 5.51. The molecular formula is C20H22N2O5S. The summed E-state index contributed by atoms with van der Waals surface area (Å²) in [6.07, 6.45) is 0.197. The Morgan fingerprint density at radius 3 is 2.32 bits per heavy atom. The third-order valence-electron chi connectivity index (χ3n) is 5.26. The Bertz CT molecular complexity index is 1010. The average Bonchev–Trinajstić information content (AvgIpc) is 2.67. The number of nitrogens with one attached hydrogen (secondary N) is 1. The predicted molar refractivity (Wildman–Crippen MR) is 104 cm³/mol. The highest BCUT2D eigenvalue weighted by molar-refractivity contribution is 7.89. The fourth-order valence-electron chi connectivity index (χ4n) is 3.61. The number of sulfonamides is 1. The first-order valence-electron chi connectivity index (χ1n) is 8.92. The predicted octanol–water partition coefficient (Wildman–Crippen LogP) is 2.49. The fraction of sp³-hybridized carbons (Fsp3) is 0.300. The van der Waals surface area contributed by atoms with Crippen LogP contribution in [0.5, 0.6) is 0 Å².